The van der Waals surface area contributed by atoms with E-state index in [4.69, 9.17) is 0 Å². The smallest absolute Gasteiger partial charge is 0.125 e. The van der Waals surface area contributed by atoms with E-state index in [0.717, 1.165) is 4.47 Å². The van der Waals surface area contributed by atoms with Gasteiger partial charge < -0.3 is 10.4 Å². The molecule has 0 fully saturated rings. The first-order valence-corrected chi connectivity index (χ1v) is 5.29. The molecule has 1 aromatic rings. The second-order valence-electron chi connectivity index (χ2n) is 3.07. The SMILES string of the molecule is CC[C@@H](O)CNc1cc(F)ccc1Br. The van der Waals surface area contributed by atoms with Crippen LogP contribution in [0.1, 0.15) is 13.3 Å². The van der Waals surface area contributed by atoms with Crippen molar-refractivity contribution in [3.63, 3.8) is 0 Å². The summed E-state index contributed by atoms with van der Waals surface area (Å²) >= 11 is 3.29. The minimum Gasteiger partial charge on any atom is -0.391 e. The molecule has 0 spiro atoms. The van der Waals surface area contributed by atoms with Crippen molar-refractivity contribution in [1.29, 1.82) is 0 Å². The summed E-state index contributed by atoms with van der Waals surface area (Å²) in [6, 6.07) is 4.41. The Hall–Kier alpha value is -0.610. The predicted octanol–water partition coefficient (Wildman–Crippen LogP) is 2.77. The number of benzene rings is 1. The Morgan fingerprint density at radius 1 is 1.57 bits per heavy atom. The standard InChI is InChI=1S/C10H13BrFNO/c1-2-8(14)6-13-10-5-7(12)3-4-9(10)11/h3-5,8,13-14H,2,6H2,1H3/t8-/m1/s1. The summed E-state index contributed by atoms with van der Waals surface area (Å²) in [5.74, 6) is -0.290. The Morgan fingerprint density at radius 3 is 2.93 bits per heavy atom. The number of aliphatic hydroxyl groups excluding tert-OH is 1. The topological polar surface area (TPSA) is 32.3 Å². The van der Waals surface area contributed by atoms with Crippen LogP contribution in [0, 0.1) is 5.82 Å². The molecule has 0 heterocycles. The van der Waals surface area contributed by atoms with Crippen LogP contribution in [0.4, 0.5) is 10.1 Å². The normalized spacial score (nSPS) is 12.6. The molecular weight excluding hydrogens is 249 g/mol. The molecule has 2 nitrogen and oxygen atoms in total. The molecule has 14 heavy (non-hydrogen) atoms. The number of aliphatic hydroxyl groups is 1. The molecule has 0 aromatic heterocycles. The molecule has 2 N–H and O–H groups in total. The highest BCUT2D eigenvalue weighted by Crippen LogP contribution is 2.22. The van der Waals surface area contributed by atoms with E-state index in [1.165, 1.54) is 12.1 Å². The first-order valence-electron chi connectivity index (χ1n) is 4.50. The lowest BCUT2D eigenvalue weighted by Gasteiger charge is -2.11. The number of rotatable bonds is 4. The molecule has 0 aliphatic heterocycles. The fourth-order valence-electron chi connectivity index (χ4n) is 1.01. The average molecular weight is 262 g/mol. The Bertz CT molecular complexity index is 306. The van der Waals surface area contributed by atoms with Crippen molar-refractivity contribution in [2.45, 2.75) is 19.4 Å². The Morgan fingerprint density at radius 2 is 2.29 bits per heavy atom. The van der Waals surface area contributed by atoms with E-state index in [1.54, 1.807) is 6.07 Å². The maximum atomic E-state index is 12.8. The largest absolute Gasteiger partial charge is 0.391 e. The fraction of sp³-hybridized carbons (Fsp3) is 0.400. The number of anilines is 1. The van der Waals surface area contributed by atoms with Gasteiger partial charge in [-0.05, 0) is 40.5 Å². The molecule has 4 heteroatoms. The van der Waals surface area contributed by atoms with Gasteiger partial charge in [-0.1, -0.05) is 6.92 Å². The lowest BCUT2D eigenvalue weighted by molar-refractivity contribution is 0.183. The number of hydrogen-bond acceptors (Lipinski definition) is 2. The van der Waals surface area contributed by atoms with Crippen molar-refractivity contribution in [2.24, 2.45) is 0 Å². The van der Waals surface area contributed by atoms with Crippen LogP contribution >= 0.6 is 15.9 Å². The van der Waals surface area contributed by atoms with Crippen molar-refractivity contribution < 1.29 is 9.50 Å². The van der Waals surface area contributed by atoms with Crippen LogP contribution in [0.5, 0.6) is 0 Å². The average Bonchev–Trinajstić information content (AvgIpc) is 2.19. The van der Waals surface area contributed by atoms with Gasteiger partial charge in [0.05, 0.1) is 11.8 Å². The molecule has 0 saturated heterocycles. The number of halogens is 2. The second kappa shape index (κ2) is 5.32. The Labute approximate surface area is 91.3 Å². The van der Waals surface area contributed by atoms with Crippen molar-refractivity contribution in [2.75, 3.05) is 11.9 Å². The van der Waals surface area contributed by atoms with Gasteiger partial charge in [0.25, 0.3) is 0 Å². The quantitative estimate of drug-likeness (QED) is 0.874. The number of hydrogen-bond donors (Lipinski definition) is 2. The predicted molar refractivity (Wildman–Crippen MR) is 58.9 cm³/mol. The summed E-state index contributed by atoms with van der Waals surface area (Å²) in [5.41, 5.74) is 0.664. The van der Waals surface area contributed by atoms with Crippen molar-refractivity contribution in [3.05, 3.63) is 28.5 Å². The lowest BCUT2D eigenvalue weighted by atomic mass is 10.2. The monoisotopic (exact) mass is 261 g/mol. The van der Waals surface area contributed by atoms with Gasteiger partial charge in [0.15, 0.2) is 0 Å². The lowest BCUT2D eigenvalue weighted by Crippen LogP contribution is -2.18. The van der Waals surface area contributed by atoms with Crippen LogP contribution in [0.2, 0.25) is 0 Å². The molecule has 0 unspecified atom stereocenters. The van der Waals surface area contributed by atoms with E-state index in [9.17, 15) is 9.50 Å². The van der Waals surface area contributed by atoms with Crippen LogP contribution in [0.15, 0.2) is 22.7 Å². The molecule has 1 aromatic carbocycles. The van der Waals surface area contributed by atoms with Gasteiger partial charge in [0.1, 0.15) is 5.82 Å². The molecular formula is C10H13BrFNO. The zero-order chi connectivity index (χ0) is 10.6. The Balaban J connectivity index is 2.62. The van der Waals surface area contributed by atoms with Gasteiger partial charge >= 0.3 is 0 Å². The maximum Gasteiger partial charge on any atom is 0.125 e. The summed E-state index contributed by atoms with van der Waals surface area (Å²) in [4.78, 5) is 0. The summed E-state index contributed by atoms with van der Waals surface area (Å²) < 4.78 is 13.6. The minimum absolute atomic E-state index is 0.290. The van der Waals surface area contributed by atoms with Crippen molar-refractivity contribution in [3.8, 4) is 0 Å². The molecule has 0 aliphatic rings. The van der Waals surface area contributed by atoms with Crippen molar-refractivity contribution in [1.82, 2.24) is 0 Å². The molecule has 0 bridgehead atoms. The van der Waals surface area contributed by atoms with E-state index >= 15 is 0 Å². The molecule has 1 atom stereocenters. The first-order chi connectivity index (χ1) is 6.63. The summed E-state index contributed by atoms with van der Waals surface area (Å²) in [6.45, 7) is 2.32. The van der Waals surface area contributed by atoms with Gasteiger partial charge in [-0.25, -0.2) is 4.39 Å². The summed E-state index contributed by atoms with van der Waals surface area (Å²) in [7, 11) is 0. The molecule has 0 aliphatic carbocycles. The summed E-state index contributed by atoms with van der Waals surface area (Å²) in [6.07, 6.45) is 0.282. The number of nitrogens with one attached hydrogen (secondary N) is 1. The van der Waals surface area contributed by atoms with E-state index in [2.05, 4.69) is 21.2 Å². The van der Waals surface area contributed by atoms with Gasteiger partial charge in [0.2, 0.25) is 0 Å². The van der Waals surface area contributed by atoms with E-state index in [1.807, 2.05) is 6.92 Å². The fourth-order valence-corrected chi connectivity index (χ4v) is 1.39. The molecule has 0 amide bonds. The zero-order valence-electron chi connectivity index (χ0n) is 7.93. The highest BCUT2D eigenvalue weighted by Gasteiger charge is 2.04. The van der Waals surface area contributed by atoms with Crippen LogP contribution in [-0.2, 0) is 0 Å². The third-order valence-corrected chi connectivity index (χ3v) is 2.62. The second-order valence-corrected chi connectivity index (χ2v) is 3.92. The maximum absolute atomic E-state index is 12.8. The highest BCUT2D eigenvalue weighted by molar-refractivity contribution is 9.10. The van der Waals surface area contributed by atoms with Crippen LogP contribution in [0.25, 0.3) is 0 Å². The van der Waals surface area contributed by atoms with Crippen molar-refractivity contribution >= 4 is 21.6 Å². The molecule has 0 saturated carbocycles. The van der Waals surface area contributed by atoms with E-state index in [0.29, 0.717) is 18.7 Å². The van der Waals surface area contributed by atoms with E-state index in [-0.39, 0.29) is 5.82 Å². The van der Waals surface area contributed by atoms with E-state index < -0.39 is 6.10 Å². The van der Waals surface area contributed by atoms with Crippen LogP contribution in [-0.4, -0.2) is 17.8 Å². The van der Waals surface area contributed by atoms with Gasteiger partial charge in [-0.3, -0.25) is 0 Å². The first kappa shape index (κ1) is 11.5. The molecule has 1 rings (SSSR count). The third-order valence-electron chi connectivity index (χ3n) is 1.93. The molecule has 0 radical (unpaired) electrons. The highest BCUT2D eigenvalue weighted by atomic mass is 79.9. The van der Waals surface area contributed by atoms with Crippen LogP contribution < -0.4 is 5.32 Å². The molecule has 78 valence electrons. The minimum atomic E-state index is -0.398. The van der Waals surface area contributed by atoms with Gasteiger partial charge in [0, 0.05) is 11.0 Å². The third kappa shape index (κ3) is 3.27. The van der Waals surface area contributed by atoms with Gasteiger partial charge in [-0.15, -0.1) is 0 Å². The Kier molecular flexibility index (Phi) is 4.35. The zero-order valence-corrected chi connectivity index (χ0v) is 9.51. The van der Waals surface area contributed by atoms with Crippen LogP contribution in [0.3, 0.4) is 0 Å². The van der Waals surface area contributed by atoms with Gasteiger partial charge in [-0.2, -0.15) is 0 Å². The summed E-state index contributed by atoms with van der Waals surface area (Å²) in [5, 5.41) is 12.3.